The van der Waals surface area contributed by atoms with Crippen molar-refractivity contribution in [3.63, 3.8) is 0 Å². The Bertz CT molecular complexity index is 71.6. The molecule has 6 heteroatoms. The number of phosphoric acid groups is 1. The van der Waals surface area contributed by atoms with Gasteiger partial charge in [0.2, 0.25) is 0 Å². The predicted octanol–water partition coefficient (Wildman–Crippen LogP) is -1.09. The van der Waals surface area contributed by atoms with Gasteiger partial charge in [-0.05, 0) is 0 Å². The van der Waals surface area contributed by atoms with Gasteiger partial charge in [-0.15, -0.1) is 0 Å². The molecule has 0 bridgehead atoms. The third-order valence-corrected chi connectivity index (χ3v) is 2.94. The molecule has 0 atom stereocenters. The van der Waals surface area contributed by atoms with Crippen LogP contribution in [-0.4, -0.2) is 46.1 Å². The van der Waals surface area contributed by atoms with Crippen LogP contribution in [0, 0.1) is 0 Å². The number of hydrogen-bond acceptors (Lipinski definition) is 2. The quantitative estimate of drug-likeness (QED) is 0.357. The molecule has 0 rings (SSSR count). The maximum atomic E-state index is 9.52. The summed E-state index contributed by atoms with van der Waals surface area (Å²) < 4.78 is 13.3. The molecule has 2 N–H and O–H groups in total. The fourth-order valence-electron chi connectivity index (χ4n) is 0. The summed E-state index contributed by atoms with van der Waals surface area (Å²) in [4.78, 5) is 15.5. The average Bonchev–Trinajstić information content (AvgIpc) is 1.35. The first-order valence-electron chi connectivity index (χ1n) is 1.17. The van der Waals surface area contributed by atoms with E-state index in [2.05, 4.69) is 1.23 Å². The van der Waals surface area contributed by atoms with Crippen molar-refractivity contribution in [3.05, 3.63) is 0 Å². The molecule has 0 aliphatic heterocycles. The first kappa shape index (κ1) is 7.37. The monoisotopic (exact) mass is 138 g/mol. The molecule has 0 radical (unpaired) electrons. The molecule has 0 aromatic carbocycles. The van der Waals surface area contributed by atoms with Gasteiger partial charge in [-0.25, -0.2) is 0 Å². The van der Waals surface area contributed by atoms with E-state index in [1.807, 2.05) is 0 Å². The molecule has 0 amide bonds. The Labute approximate surface area is 59.4 Å². The third-order valence-electron chi connectivity index (χ3n) is 0.238. The molecule has 0 saturated carbocycles. The van der Waals surface area contributed by atoms with Gasteiger partial charge in [0.15, 0.2) is 0 Å². The van der Waals surface area contributed by atoms with Gasteiger partial charge in [-0.1, -0.05) is 0 Å². The van der Waals surface area contributed by atoms with Crippen LogP contribution in [0.15, 0.2) is 0 Å². The zero-order valence-corrected chi connectivity index (χ0v) is 7.18. The summed E-state index contributed by atoms with van der Waals surface area (Å²) >= 11 is -0.216. The molecule has 6 heavy (non-hydrogen) atoms. The van der Waals surface area contributed by atoms with Gasteiger partial charge >= 0.3 is 59.8 Å². The van der Waals surface area contributed by atoms with Crippen molar-refractivity contribution in [2.75, 3.05) is 0 Å². The minimum atomic E-state index is -4.06. The van der Waals surface area contributed by atoms with E-state index in [9.17, 15) is 4.57 Å². The summed E-state index contributed by atoms with van der Waals surface area (Å²) in [5, 5.41) is 0. The van der Waals surface area contributed by atoms with Crippen LogP contribution in [0.4, 0.5) is 0 Å². The van der Waals surface area contributed by atoms with Crippen LogP contribution < -0.4 is 0 Å². The molecular formula is H3CaO4P. The topological polar surface area (TPSA) is 66.8 Å². The van der Waals surface area contributed by atoms with E-state index >= 15 is 0 Å². The Balaban J connectivity index is 3.48. The SMILES string of the molecule is O=P(O)(O)[O][CaH]. The Morgan fingerprint density at radius 2 is 1.83 bits per heavy atom. The van der Waals surface area contributed by atoms with Crippen LogP contribution in [0.25, 0.3) is 0 Å². The molecule has 0 aliphatic carbocycles. The van der Waals surface area contributed by atoms with Crippen LogP contribution in [0.2, 0.25) is 0 Å². The van der Waals surface area contributed by atoms with E-state index in [0.717, 1.165) is 0 Å². The van der Waals surface area contributed by atoms with E-state index in [-0.39, 0.29) is 36.3 Å². The van der Waals surface area contributed by atoms with Crippen LogP contribution in [0.1, 0.15) is 0 Å². The Hall–Kier alpha value is 1.37. The van der Waals surface area contributed by atoms with Crippen molar-refractivity contribution in [3.8, 4) is 0 Å². The van der Waals surface area contributed by atoms with Crippen molar-refractivity contribution >= 4 is 44.2 Å². The van der Waals surface area contributed by atoms with Gasteiger partial charge < -0.3 is 0 Å². The molecule has 0 aromatic heterocycles. The summed E-state index contributed by atoms with van der Waals surface area (Å²) in [5.74, 6) is 0. The molecule has 0 aromatic rings. The Morgan fingerprint density at radius 1 is 1.67 bits per heavy atom. The van der Waals surface area contributed by atoms with Crippen LogP contribution in [0.3, 0.4) is 0 Å². The van der Waals surface area contributed by atoms with Crippen LogP contribution in [-0.2, 0) is 5.80 Å². The van der Waals surface area contributed by atoms with Gasteiger partial charge in [0.25, 0.3) is 0 Å². The van der Waals surface area contributed by atoms with Gasteiger partial charge in [-0.2, -0.15) is 0 Å². The first-order valence-corrected chi connectivity index (χ1v) is 3.98. The zero-order valence-electron chi connectivity index (χ0n) is 3.16. The van der Waals surface area contributed by atoms with Crippen LogP contribution in [0.5, 0.6) is 0 Å². The molecule has 0 spiro atoms. The van der Waals surface area contributed by atoms with E-state index in [4.69, 9.17) is 9.79 Å². The third kappa shape index (κ3) is 5.37. The second kappa shape index (κ2) is 2.62. The second-order valence-corrected chi connectivity index (χ2v) is 3.73. The molecule has 4 nitrogen and oxygen atoms in total. The Morgan fingerprint density at radius 3 is 1.83 bits per heavy atom. The maximum absolute atomic E-state index is 9.52. The zero-order chi connectivity index (χ0) is 5.21. The van der Waals surface area contributed by atoms with Crippen molar-refractivity contribution < 1.29 is 15.6 Å². The molecule has 0 aliphatic rings. The summed E-state index contributed by atoms with van der Waals surface area (Å²) in [7, 11) is -4.06. The van der Waals surface area contributed by atoms with Crippen molar-refractivity contribution in [1.29, 1.82) is 0 Å². The standard InChI is InChI=1S/Ca.H3O4P.H/c;1-5(2,3)4;/h;(H3,1,2,3,4);/q+1;;/p-1. The molecule has 0 saturated heterocycles. The average molecular weight is 138 g/mol. The fourth-order valence-corrected chi connectivity index (χ4v) is 0. The summed E-state index contributed by atoms with van der Waals surface area (Å²) in [5.41, 5.74) is 0. The first-order chi connectivity index (χ1) is 2.56. The van der Waals surface area contributed by atoms with E-state index < -0.39 is 7.82 Å². The van der Waals surface area contributed by atoms with E-state index in [1.165, 1.54) is 0 Å². The van der Waals surface area contributed by atoms with Crippen molar-refractivity contribution in [2.45, 2.75) is 0 Å². The second-order valence-electron chi connectivity index (χ2n) is 0.673. The van der Waals surface area contributed by atoms with Crippen molar-refractivity contribution in [1.82, 2.24) is 0 Å². The van der Waals surface area contributed by atoms with Crippen molar-refractivity contribution in [2.24, 2.45) is 0 Å². The molecule has 0 fully saturated rings. The predicted molar refractivity (Wildman–Crippen MR) is 20.3 cm³/mol. The molecular weight excluding hydrogens is 135 g/mol. The van der Waals surface area contributed by atoms with Gasteiger partial charge in [0.05, 0.1) is 0 Å². The Kier molecular flexibility index (Phi) is 3.22. The van der Waals surface area contributed by atoms with Gasteiger partial charge in [0, 0.05) is 0 Å². The number of rotatable bonds is 1. The summed E-state index contributed by atoms with van der Waals surface area (Å²) in [6, 6.07) is 0. The summed E-state index contributed by atoms with van der Waals surface area (Å²) in [6.45, 7) is 0. The minimum absolute atomic E-state index is 0.216. The van der Waals surface area contributed by atoms with E-state index in [0.29, 0.717) is 0 Å². The van der Waals surface area contributed by atoms with Gasteiger partial charge in [0.1, 0.15) is 0 Å². The molecule has 34 valence electrons. The molecule has 0 heterocycles. The van der Waals surface area contributed by atoms with E-state index in [1.54, 1.807) is 0 Å². The van der Waals surface area contributed by atoms with Crippen LogP contribution >= 0.6 is 7.82 Å². The normalized spacial score (nSPS) is 11.5. The van der Waals surface area contributed by atoms with Gasteiger partial charge in [-0.3, -0.25) is 0 Å². The number of hydrogen-bond donors (Lipinski definition) is 2. The summed E-state index contributed by atoms with van der Waals surface area (Å²) in [6.07, 6.45) is 0. The fraction of sp³-hybridized carbons (Fsp3) is 0. The molecule has 0 unspecified atom stereocenters.